The van der Waals surface area contributed by atoms with E-state index in [-0.39, 0.29) is 5.91 Å². The van der Waals surface area contributed by atoms with Crippen molar-refractivity contribution in [3.8, 4) is 11.1 Å². The number of carbonyl (C=O) groups excluding carboxylic acids is 1. The summed E-state index contributed by atoms with van der Waals surface area (Å²) in [5.41, 5.74) is 5.48. The standard InChI is InChI=1S/C18H18N2O/c1-3-14-11-17-16(8-5-9-18(17)20-14)13-6-4-7-15(10-13)19-12(2)21/h4-11,20H,3H2,1-2H3,(H,19,21). The van der Waals surface area contributed by atoms with E-state index in [9.17, 15) is 4.79 Å². The molecule has 0 bridgehead atoms. The molecule has 0 fully saturated rings. The molecule has 0 radical (unpaired) electrons. The third kappa shape index (κ3) is 2.68. The molecule has 0 saturated heterocycles. The maximum absolute atomic E-state index is 11.2. The molecule has 3 nitrogen and oxygen atoms in total. The third-order valence-corrected chi connectivity index (χ3v) is 3.59. The highest BCUT2D eigenvalue weighted by atomic mass is 16.1. The summed E-state index contributed by atoms with van der Waals surface area (Å²) in [5, 5.41) is 4.05. The van der Waals surface area contributed by atoms with Gasteiger partial charge in [-0.15, -0.1) is 0 Å². The van der Waals surface area contributed by atoms with E-state index >= 15 is 0 Å². The van der Waals surface area contributed by atoms with Crippen molar-refractivity contribution in [2.24, 2.45) is 0 Å². The molecule has 1 aromatic heterocycles. The Kier molecular flexibility index (Phi) is 3.48. The number of hydrogen-bond acceptors (Lipinski definition) is 1. The van der Waals surface area contributed by atoms with E-state index in [1.807, 2.05) is 18.2 Å². The number of benzene rings is 2. The van der Waals surface area contributed by atoms with Gasteiger partial charge in [0.15, 0.2) is 0 Å². The summed E-state index contributed by atoms with van der Waals surface area (Å²) in [5.74, 6) is -0.0553. The molecule has 1 heterocycles. The van der Waals surface area contributed by atoms with Crippen molar-refractivity contribution in [3.63, 3.8) is 0 Å². The molecule has 3 heteroatoms. The van der Waals surface area contributed by atoms with Crippen LogP contribution in [0, 0.1) is 0 Å². The van der Waals surface area contributed by atoms with E-state index in [1.54, 1.807) is 0 Å². The highest BCUT2D eigenvalue weighted by molar-refractivity contribution is 5.97. The van der Waals surface area contributed by atoms with Crippen molar-refractivity contribution in [3.05, 3.63) is 54.2 Å². The first-order valence-electron chi connectivity index (χ1n) is 7.16. The number of amides is 1. The van der Waals surface area contributed by atoms with Crippen LogP contribution in [0.4, 0.5) is 5.69 Å². The maximum atomic E-state index is 11.2. The van der Waals surface area contributed by atoms with Crippen LogP contribution in [-0.2, 0) is 11.2 Å². The number of aryl methyl sites for hydroxylation is 1. The fraction of sp³-hybridized carbons (Fsp3) is 0.167. The van der Waals surface area contributed by atoms with E-state index in [4.69, 9.17) is 0 Å². The predicted octanol–water partition coefficient (Wildman–Crippen LogP) is 4.36. The lowest BCUT2D eigenvalue weighted by Crippen LogP contribution is -2.05. The first-order valence-corrected chi connectivity index (χ1v) is 7.16. The summed E-state index contributed by atoms with van der Waals surface area (Å²) in [6.07, 6.45) is 0.986. The van der Waals surface area contributed by atoms with Gasteiger partial charge in [0.2, 0.25) is 5.91 Å². The van der Waals surface area contributed by atoms with Gasteiger partial charge in [-0.1, -0.05) is 31.2 Å². The van der Waals surface area contributed by atoms with Crippen molar-refractivity contribution in [1.82, 2.24) is 4.98 Å². The van der Waals surface area contributed by atoms with Crippen LogP contribution in [0.3, 0.4) is 0 Å². The fourth-order valence-electron chi connectivity index (χ4n) is 2.62. The number of rotatable bonds is 3. The van der Waals surface area contributed by atoms with E-state index in [0.29, 0.717) is 0 Å². The maximum Gasteiger partial charge on any atom is 0.221 e. The predicted molar refractivity (Wildman–Crippen MR) is 87.4 cm³/mol. The Morgan fingerprint density at radius 2 is 1.95 bits per heavy atom. The molecule has 3 aromatic rings. The number of anilines is 1. The molecule has 0 unspecified atom stereocenters. The van der Waals surface area contributed by atoms with Gasteiger partial charge in [-0.25, -0.2) is 0 Å². The molecular formula is C18H18N2O. The van der Waals surface area contributed by atoms with E-state index in [2.05, 4.69) is 47.6 Å². The Labute approximate surface area is 124 Å². The average Bonchev–Trinajstić information content (AvgIpc) is 2.89. The molecule has 0 aliphatic carbocycles. The van der Waals surface area contributed by atoms with Crippen LogP contribution in [-0.4, -0.2) is 10.9 Å². The smallest absolute Gasteiger partial charge is 0.221 e. The zero-order valence-corrected chi connectivity index (χ0v) is 12.2. The minimum atomic E-state index is -0.0553. The molecule has 0 saturated carbocycles. The lowest BCUT2D eigenvalue weighted by Gasteiger charge is -2.07. The highest BCUT2D eigenvalue weighted by Gasteiger charge is 2.07. The average molecular weight is 278 g/mol. The second kappa shape index (κ2) is 5.44. The second-order valence-electron chi connectivity index (χ2n) is 5.18. The molecule has 0 aliphatic heterocycles. The molecule has 106 valence electrons. The minimum Gasteiger partial charge on any atom is -0.358 e. The van der Waals surface area contributed by atoms with Crippen LogP contribution in [0.25, 0.3) is 22.0 Å². The summed E-state index contributed by atoms with van der Waals surface area (Å²) < 4.78 is 0. The monoisotopic (exact) mass is 278 g/mol. The molecule has 2 N–H and O–H groups in total. The highest BCUT2D eigenvalue weighted by Crippen LogP contribution is 2.30. The van der Waals surface area contributed by atoms with Crippen LogP contribution >= 0.6 is 0 Å². The third-order valence-electron chi connectivity index (χ3n) is 3.59. The topological polar surface area (TPSA) is 44.9 Å². The Bertz CT molecular complexity index is 802. The van der Waals surface area contributed by atoms with Crippen LogP contribution in [0.15, 0.2) is 48.5 Å². The minimum absolute atomic E-state index is 0.0553. The van der Waals surface area contributed by atoms with E-state index in [1.165, 1.54) is 23.6 Å². The van der Waals surface area contributed by atoms with Crippen molar-refractivity contribution >= 4 is 22.5 Å². The number of aromatic nitrogens is 1. The lowest BCUT2D eigenvalue weighted by molar-refractivity contribution is -0.114. The normalized spacial score (nSPS) is 10.8. The zero-order chi connectivity index (χ0) is 14.8. The largest absolute Gasteiger partial charge is 0.358 e. The first-order chi connectivity index (χ1) is 10.2. The number of nitrogens with one attached hydrogen (secondary N) is 2. The van der Waals surface area contributed by atoms with E-state index in [0.717, 1.165) is 23.2 Å². The Morgan fingerprint density at radius 1 is 1.14 bits per heavy atom. The van der Waals surface area contributed by atoms with Crippen molar-refractivity contribution in [2.75, 3.05) is 5.32 Å². The van der Waals surface area contributed by atoms with Crippen LogP contribution < -0.4 is 5.32 Å². The summed E-state index contributed by atoms with van der Waals surface area (Å²) in [6, 6.07) is 16.4. The van der Waals surface area contributed by atoms with Crippen LogP contribution in [0.2, 0.25) is 0 Å². The molecule has 0 spiro atoms. The molecule has 0 atom stereocenters. The van der Waals surface area contributed by atoms with Gasteiger partial charge in [0.05, 0.1) is 0 Å². The number of fused-ring (bicyclic) bond motifs is 1. The number of hydrogen-bond donors (Lipinski definition) is 2. The van der Waals surface area contributed by atoms with Gasteiger partial charge in [-0.3, -0.25) is 4.79 Å². The van der Waals surface area contributed by atoms with Gasteiger partial charge >= 0.3 is 0 Å². The molecule has 3 rings (SSSR count). The second-order valence-corrected chi connectivity index (χ2v) is 5.18. The molecular weight excluding hydrogens is 260 g/mol. The van der Waals surface area contributed by atoms with Crippen molar-refractivity contribution in [1.29, 1.82) is 0 Å². The zero-order valence-electron chi connectivity index (χ0n) is 12.2. The van der Waals surface area contributed by atoms with Crippen LogP contribution in [0.5, 0.6) is 0 Å². The van der Waals surface area contributed by atoms with Crippen molar-refractivity contribution < 1.29 is 4.79 Å². The first kappa shape index (κ1) is 13.4. The SMILES string of the molecule is CCc1cc2c(-c3cccc(NC(C)=O)c3)cccc2[nH]1. The van der Waals surface area contributed by atoms with Gasteiger partial charge in [-0.05, 0) is 41.8 Å². The van der Waals surface area contributed by atoms with Gasteiger partial charge in [0.25, 0.3) is 0 Å². The molecule has 1 amide bonds. The quantitative estimate of drug-likeness (QED) is 0.734. The number of carbonyl (C=O) groups is 1. The summed E-state index contributed by atoms with van der Waals surface area (Å²) in [4.78, 5) is 14.6. The molecule has 2 aromatic carbocycles. The Balaban J connectivity index is 2.11. The fourth-order valence-corrected chi connectivity index (χ4v) is 2.62. The van der Waals surface area contributed by atoms with Crippen LogP contribution in [0.1, 0.15) is 19.5 Å². The van der Waals surface area contributed by atoms with Gasteiger partial charge in [-0.2, -0.15) is 0 Å². The van der Waals surface area contributed by atoms with Crippen molar-refractivity contribution in [2.45, 2.75) is 20.3 Å². The lowest BCUT2D eigenvalue weighted by atomic mass is 10.0. The van der Waals surface area contributed by atoms with Gasteiger partial charge < -0.3 is 10.3 Å². The summed E-state index contributed by atoms with van der Waals surface area (Å²) in [7, 11) is 0. The summed E-state index contributed by atoms with van der Waals surface area (Å²) in [6.45, 7) is 3.66. The number of H-pyrrole nitrogens is 1. The molecule has 21 heavy (non-hydrogen) atoms. The van der Waals surface area contributed by atoms with Gasteiger partial charge in [0.1, 0.15) is 0 Å². The Morgan fingerprint density at radius 3 is 2.71 bits per heavy atom. The molecule has 0 aliphatic rings. The van der Waals surface area contributed by atoms with E-state index < -0.39 is 0 Å². The number of aromatic amines is 1. The van der Waals surface area contributed by atoms with Gasteiger partial charge in [0, 0.05) is 29.2 Å². The Hall–Kier alpha value is -2.55. The summed E-state index contributed by atoms with van der Waals surface area (Å²) >= 11 is 0.